The Kier molecular flexibility index (Phi) is 5.04. The van der Waals surface area contributed by atoms with E-state index in [9.17, 15) is 4.79 Å². The monoisotopic (exact) mass is 318 g/mol. The number of carbonyl (C=O) groups is 1. The average Bonchev–Trinajstić information content (AvgIpc) is 3.23. The van der Waals surface area contributed by atoms with Gasteiger partial charge in [0.05, 0.1) is 12.0 Å². The lowest BCUT2D eigenvalue weighted by atomic mass is 9.94. The number of hydrogen-bond acceptors (Lipinski definition) is 6. The lowest BCUT2D eigenvalue weighted by molar-refractivity contribution is -0.124. The van der Waals surface area contributed by atoms with Gasteiger partial charge in [-0.05, 0) is 5.56 Å². The first-order valence-electron chi connectivity index (χ1n) is 7.14. The maximum absolute atomic E-state index is 12.4. The number of H-pyrrole nitrogens is 1. The fourth-order valence-corrected chi connectivity index (χ4v) is 3.07. The van der Waals surface area contributed by atoms with Crippen LogP contribution < -0.4 is 16.2 Å². The molecule has 0 radical (unpaired) electrons. The molecule has 116 valence electrons. The third kappa shape index (κ3) is 3.65. The normalized spacial score (nSPS) is 20.9. The van der Waals surface area contributed by atoms with E-state index in [0.717, 1.165) is 16.5 Å². The smallest absolute Gasteiger partial charge is 0.226 e. The highest BCUT2D eigenvalue weighted by Crippen LogP contribution is 2.24. The van der Waals surface area contributed by atoms with Crippen LogP contribution in [0.1, 0.15) is 11.6 Å². The fourth-order valence-electron chi connectivity index (χ4n) is 2.43. The number of nitrogens with one attached hydrogen (secondary N) is 4. The summed E-state index contributed by atoms with van der Waals surface area (Å²) in [5, 5.41) is 10.3. The Balaban J connectivity index is 1.48. The van der Waals surface area contributed by atoms with Crippen LogP contribution in [0.15, 0.2) is 41.8 Å². The molecule has 1 aromatic heterocycles. The highest BCUT2D eigenvalue weighted by Gasteiger charge is 2.33. The van der Waals surface area contributed by atoms with Crippen molar-refractivity contribution in [3.8, 4) is 0 Å². The van der Waals surface area contributed by atoms with Crippen molar-refractivity contribution in [2.45, 2.75) is 11.2 Å². The lowest BCUT2D eigenvalue weighted by Crippen LogP contribution is -2.36. The molecule has 2 aromatic rings. The summed E-state index contributed by atoms with van der Waals surface area (Å²) in [6.45, 7) is 1.23. The van der Waals surface area contributed by atoms with Gasteiger partial charge in [0.25, 0.3) is 0 Å². The van der Waals surface area contributed by atoms with Crippen molar-refractivity contribution in [3.05, 3.63) is 42.2 Å². The molecule has 1 aliphatic rings. The van der Waals surface area contributed by atoms with Crippen LogP contribution in [0.3, 0.4) is 0 Å². The van der Waals surface area contributed by atoms with Crippen molar-refractivity contribution in [1.82, 2.24) is 31.3 Å². The molecule has 0 bridgehead atoms. The molecule has 0 aliphatic carbocycles. The Hall–Kier alpha value is -1.90. The fraction of sp³-hybridized carbons (Fsp3) is 0.357. The number of benzene rings is 1. The van der Waals surface area contributed by atoms with Gasteiger partial charge < -0.3 is 5.32 Å². The summed E-state index contributed by atoms with van der Waals surface area (Å²) in [5.74, 6) is 0.701. The number of aromatic amines is 1. The lowest BCUT2D eigenvalue weighted by Gasteiger charge is -2.18. The molecular weight excluding hydrogens is 300 g/mol. The largest absolute Gasteiger partial charge is 0.355 e. The number of aromatic nitrogens is 3. The van der Waals surface area contributed by atoms with Gasteiger partial charge in [0, 0.05) is 18.8 Å². The number of amides is 1. The minimum atomic E-state index is -0.113. The van der Waals surface area contributed by atoms with Gasteiger partial charge in [-0.15, -0.1) is 0 Å². The molecule has 4 N–H and O–H groups in total. The first-order chi connectivity index (χ1) is 10.8. The summed E-state index contributed by atoms with van der Waals surface area (Å²) in [6.07, 6.45) is 1.47. The van der Waals surface area contributed by atoms with Crippen LogP contribution in [0.4, 0.5) is 0 Å². The molecule has 7 nitrogen and oxygen atoms in total. The summed E-state index contributed by atoms with van der Waals surface area (Å²) in [5.41, 5.74) is 7.37. The highest BCUT2D eigenvalue weighted by atomic mass is 32.2. The first-order valence-corrected chi connectivity index (χ1v) is 8.12. The number of rotatable bonds is 6. The van der Waals surface area contributed by atoms with Crippen molar-refractivity contribution >= 4 is 17.7 Å². The second-order valence-corrected chi connectivity index (χ2v) is 6.03. The quantitative estimate of drug-likeness (QED) is 0.457. The topological polar surface area (TPSA) is 94.7 Å². The molecule has 1 aliphatic heterocycles. The third-order valence-electron chi connectivity index (χ3n) is 3.51. The maximum Gasteiger partial charge on any atom is 0.226 e. The molecule has 8 heteroatoms. The van der Waals surface area contributed by atoms with Crippen LogP contribution in [0.2, 0.25) is 0 Å². The van der Waals surface area contributed by atoms with Crippen molar-refractivity contribution in [2.75, 3.05) is 18.8 Å². The second-order valence-electron chi connectivity index (χ2n) is 4.95. The Labute approximate surface area is 132 Å². The zero-order valence-corrected chi connectivity index (χ0v) is 12.8. The van der Waals surface area contributed by atoms with Gasteiger partial charge in [0.1, 0.15) is 6.33 Å². The number of carbonyl (C=O) groups excluding carboxylic acids is 1. The van der Waals surface area contributed by atoms with E-state index in [1.54, 1.807) is 0 Å². The van der Waals surface area contributed by atoms with Gasteiger partial charge in [-0.2, -0.15) is 5.10 Å². The van der Waals surface area contributed by atoms with Crippen molar-refractivity contribution < 1.29 is 4.79 Å². The molecule has 1 fully saturated rings. The molecule has 2 atom stereocenters. The Morgan fingerprint density at radius 2 is 2.23 bits per heavy atom. The van der Waals surface area contributed by atoms with E-state index in [1.807, 2.05) is 30.3 Å². The van der Waals surface area contributed by atoms with Crippen molar-refractivity contribution in [2.24, 2.45) is 5.92 Å². The van der Waals surface area contributed by atoms with E-state index in [4.69, 9.17) is 0 Å². The molecule has 1 amide bonds. The maximum atomic E-state index is 12.4. The molecule has 2 unspecified atom stereocenters. The minimum Gasteiger partial charge on any atom is -0.355 e. The zero-order chi connectivity index (χ0) is 15.2. The van der Waals surface area contributed by atoms with Crippen LogP contribution >= 0.6 is 11.8 Å². The number of nitrogens with zero attached hydrogens (tertiary/aromatic N) is 2. The number of hydrazine groups is 1. The summed E-state index contributed by atoms with van der Waals surface area (Å²) in [4.78, 5) is 16.4. The molecule has 22 heavy (non-hydrogen) atoms. The van der Waals surface area contributed by atoms with Gasteiger partial charge >= 0.3 is 0 Å². The van der Waals surface area contributed by atoms with Crippen LogP contribution in [0, 0.1) is 5.92 Å². The van der Waals surface area contributed by atoms with Crippen LogP contribution in [0.25, 0.3) is 0 Å². The molecule has 1 saturated heterocycles. The Morgan fingerprint density at radius 3 is 3.00 bits per heavy atom. The first kappa shape index (κ1) is 15.0. The number of hydrogen-bond donors (Lipinski definition) is 4. The average molecular weight is 318 g/mol. The predicted octanol–water partition coefficient (Wildman–Crippen LogP) is 0.478. The van der Waals surface area contributed by atoms with Gasteiger partial charge in [-0.3, -0.25) is 15.3 Å². The standard InChI is InChI=1S/C14H18N6OS/c21-13(15-6-7-22-14-16-9-18-20-14)11-8-17-19-12(11)10-4-2-1-3-5-10/h1-5,9,11-12,17,19H,6-8H2,(H,15,21)(H,16,18,20). The zero-order valence-electron chi connectivity index (χ0n) is 12.0. The highest BCUT2D eigenvalue weighted by molar-refractivity contribution is 7.99. The summed E-state index contributed by atoms with van der Waals surface area (Å²) < 4.78 is 0. The van der Waals surface area contributed by atoms with Crippen molar-refractivity contribution in [1.29, 1.82) is 0 Å². The van der Waals surface area contributed by atoms with E-state index in [0.29, 0.717) is 13.1 Å². The Morgan fingerprint density at radius 1 is 1.36 bits per heavy atom. The van der Waals surface area contributed by atoms with E-state index in [2.05, 4.69) is 31.3 Å². The van der Waals surface area contributed by atoms with E-state index >= 15 is 0 Å². The minimum absolute atomic E-state index is 0.00290. The van der Waals surface area contributed by atoms with Gasteiger partial charge in [-0.1, -0.05) is 42.1 Å². The summed E-state index contributed by atoms with van der Waals surface area (Å²) >= 11 is 1.53. The van der Waals surface area contributed by atoms with E-state index in [-0.39, 0.29) is 17.9 Å². The van der Waals surface area contributed by atoms with E-state index < -0.39 is 0 Å². The molecular formula is C14H18N6OS. The molecule has 0 saturated carbocycles. The molecule has 1 aromatic carbocycles. The predicted molar refractivity (Wildman–Crippen MR) is 83.9 cm³/mol. The SMILES string of the molecule is O=C(NCCSc1ncn[nH]1)C1CNNC1c1ccccc1. The van der Waals surface area contributed by atoms with E-state index in [1.165, 1.54) is 18.1 Å². The van der Waals surface area contributed by atoms with Crippen LogP contribution in [-0.2, 0) is 4.79 Å². The number of thioether (sulfide) groups is 1. The summed E-state index contributed by atoms with van der Waals surface area (Å²) in [6, 6.07) is 10.0. The van der Waals surface area contributed by atoms with Gasteiger partial charge in [0.2, 0.25) is 5.91 Å². The van der Waals surface area contributed by atoms with Crippen LogP contribution in [0.5, 0.6) is 0 Å². The summed E-state index contributed by atoms with van der Waals surface area (Å²) in [7, 11) is 0. The van der Waals surface area contributed by atoms with Crippen molar-refractivity contribution in [3.63, 3.8) is 0 Å². The second kappa shape index (κ2) is 7.39. The van der Waals surface area contributed by atoms with Crippen LogP contribution in [-0.4, -0.2) is 39.9 Å². The molecule has 2 heterocycles. The Bertz CT molecular complexity index is 591. The third-order valence-corrected chi connectivity index (χ3v) is 4.39. The molecule has 0 spiro atoms. The molecule has 3 rings (SSSR count). The van der Waals surface area contributed by atoms with Gasteiger partial charge in [-0.25, -0.2) is 10.4 Å². The van der Waals surface area contributed by atoms with Gasteiger partial charge in [0.15, 0.2) is 5.16 Å².